The molecule has 2 aromatic carbocycles. The second-order valence-corrected chi connectivity index (χ2v) is 6.72. The molecule has 1 aliphatic rings. The van der Waals surface area contributed by atoms with Crippen LogP contribution in [-0.2, 0) is 6.61 Å². The Hall–Kier alpha value is -3.15. The largest absolute Gasteiger partial charge is 0.497 e. The van der Waals surface area contributed by atoms with Gasteiger partial charge in [-0.3, -0.25) is 4.79 Å². The van der Waals surface area contributed by atoms with Crippen LogP contribution in [0.15, 0.2) is 40.8 Å². The number of aromatic nitrogens is 2. The van der Waals surface area contributed by atoms with Gasteiger partial charge in [0.05, 0.1) is 12.7 Å². The highest BCUT2D eigenvalue weighted by atomic mass is 16.5. The van der Waals surface area contributed by atoms with Crippen molar-refractivity contribution < 1.29 is 18.7 Å². The van der Waals surface area contributed by atoms with E-state index >= 15 is 0 Å². The summed E-state index contributed by atoms with van der Waals surface area (Å²) in [5.41, 5.74) is 3.70. The van der Waals surface area contributed by atoms with Crippen molar-refractivity contribution in [2.24, 2.45) is 0 Å². The maximum atomic E-state index is 12.4. The summed E-state index contributed by atoms with van der Waals surface area (Å²) in [5, 5.41) is 8.10. The number of nitrogens with zero attached hydrogens (tertiary/aromatic N) is 2. The third-order valence-corrected chi connectivity index (χ3v) is 4.84. The van der Waals surface area contributed by atoms with Crippen LogP contribution in [0, 0.1) is 6.92 Å². The molecule has 0 N–H and O–H groups in total. The monoisotopic (exact) mass is 364 g/mol. The van der Waals surface area contributed by atoms with Gasteiger partial charge in [0, 0.05) is 12.0 Å². The van der Waals surface area contributed by atoms with Gasteiger partial charge in [-0.2, -0.15) is 0 Å². The highest BCUT2D eigenvalue weighted by molar-refractivity contribution is 6.04. The number of ether oxygens (including phenoxy) is 2. The fourth-order valence-electron chi connectivity index (χ4n) is 3.53. The lowest BCUT2D eigenvalue weighted by atomic mass is 9.97. The minimum Gasteiger partial charge on any atom is -0.497 e. The molecule has 0 spiro atoms. The first-order chi connectivity index (χ1) is 13.1. The van der Waals surface area contributed by atoms with Gasteiger partial charge in [0.15, 0.2) is 12.4 Å². The van der Waals surface area contributed by atoms with Crippen LogP contribution in [0.5, 0.6) is 11.5 Å². The van der Waals surface area contributed by atoms with E-state index in [1.807, 2.05) is 43.3 Å². The van der Waals surface area contributed by atoms with Crippen molar-refractivity contribution in [1.29, 1.82) is 0 Å². The molecular formula is C21H20N2O4. The number of hydrogen-bond donors (Lipinski definition) is 0. The molecule has 6 heteroatoms. The van der Waals surface area contributed by atoms with E-state index in [9.17, 15) is 4.79 Å². The normalized spacial score (nSPS) is 15.7. The van der Waals surface area contributed by atoms with Crippen molar-refractivity contribution in [2.45, 2.75) is 32.8 Å². The summed E-state index contributed by atoms with van der Waals surface area (Å²) in [7, 11) is 1.62. The van der Waals surface area contributed by atoms with Gasteiger partial charge in [0.1, 0.15) is 11.5 Å². The standard InChI is InChI=1S/C21H20N2O4/c1-12-4-9-17(20-16(24)10-13(2)19(12)20)26-11-18-22-23-21(27-18)14-5-7-15(25-3)8-6-14/h4-9,13H,10-11H2,1-3H3. The maximum Gasteiger partial charge on any atom is 0.254 e. The summed E-state index contributed by atoms with van der Waals surface area (Å²) < 4.78 is 16.7. The Kier molecular flexibility index (Phi) is 4.39. The maximum absolute atomic E-state index is 12.4. The highest BCUT2D eigenvalue weighted by Crippen LogP contribution is 2.40. The average molecular weight is 364 g/mol. The number of rotatable bonds is 5. The van der Waals surface area contributed by atoms with Crippen molar-refractivity contribution in [3.63, 3.8) is 0 Å². The molecular weight excluding hydrogens is 344 g/mol. The molecule has 0 aliphatic heterocycles. The number of ketones is 1. The Morgan fingerprint density at radius 3 is 2.67 bits per heavy atom. The minimum absolute atomic E-state index is 0.111. The lowest BCUT2D eigenvalue weighted by Crippen LogP contribution is -2.02. The van der Waals surface area contributed by atoms with Crippen LogP contribution in [0.1, 0.15) is 46.6 Å². The Morgan fingerprint density at radius 1 is 1.15 bits per heavy atom. The number of Topliss-reactive ketones (excluding diaryl/α,β-unsaturated/α-hetero) is 1. The Bertz CT molecular complexity index is 992. The number of methoxy groups -OCH3 is 1. The number of carbonyl (C=O) groups is 1. The van der Waals surface area contributed by atoms with E-state index in [4.69, 9.17) is 13.9 Å². The molecule has 1 aliphatic carbocycles. The van der Waals surface area contributed by atoms with E-state index in [2.05, 4.69) is 17.1 Å². The zero-order chi connectivity index (χ0) is 19.0. The fourth-order valence-corrected chi connectivity index (χ4v) is 3.53. The van der Waals surface area contributed by atoms with Crippen LogP contribution in [0.2, 0.25) is 0 Å². The summed E-state index contributed by atoms with van der Waals surface area (Å²) >= 11 is 0. The molecule has 4 rings (SSSR count). The first-order valence-corrected chi connectivity index (χ1v) is 8.83. The first-order valence-electron chi connectivity index (χ1n) is 8.83. The molecule has 1 aromatic heterocycles. The van der Waals surface area contributed by atoms with E-state index < -0.39 is 0 Å². The molecule has 1 unspecified atom stereocenters. The predicted octanol–water partition coefficient (Wildman–Crippen LogP) is 4.32. The van der Waals surface area contributed by atoms with Crippen LogP contribution in [0.4, 0.5) is 0 Å². The van der Waals surface area contributed by atoms with Gasteiger partial charge in [0.25, 0.3) is 5.89 Å². The van der Waals surface area contributed by atoms with E-state index in [0.717, 1.165) is 22.4 Å². The van der Waals surface area contributed by atoms with Crippen LogP contribution >= 0.6 is 0 Å². The van der Waals surface area contributed by atoms with Crippen molar-refractivity contribution in [1.82, 2.24) is 10.2 Å². The molecule has 3 aromatic rings. The molecule has 0 saturated heterocycles. The zero-order valence-electron chi connectivity index (χ0n) is 15.5. The Balaban J connectivity index is 1.52. The summed E-state index contributed by atoms with van der Waals surface area (Å²) in [4.78, 5) is 12.4. The van der Waals surface area contributed by atoms with Crippen LogP contribution in [-0.4, -0.2) is 23.1 Å². The molecule has 27 heavy (non-hydrogen) atoms. The van der Waals surface area contributed by atoms with Crippen LogP contribution in [0.3, 0.4) is 0 Å². The second-order valence-electron chi connectivity index (χ2n) is 6.72. The average Bonchev–Trinajstić information content (AvgIpc) is 3.26. The number of aryl methyl sites for hydroxylation is 1. The molecule has 6 nitrogen and oxygen atoms in total. The number of benzene rings is 2. The van der Waals surface area contributed by atoms with Gasteiger partial charge in [-0.1, -0.05) is 13.0 Å². The number of carbonyl (C=O) groups excluding carboxylic acids is 1. The molecule has 1 atom stereocenters. The summed E-state index contributed by atoms with van der Waals surface area (Å²) in [5.74, 6) is 2.45. The van der Waals surface area contributed by atoms with E-state index in [0.29, 0.717) is 29.5 Å². The van der Waals surface area contributed by atoms with Gasteiger partial charge in [0.2, 0.25) is 5.89 Å². The minimum atomic E-state index is 0.111. The molecule has 138 valence electrons. The van der Waals surface area contributed by atoms with Gasteiger partial charge in [-0.05, 0) is 54.3 Å². The van der Waals surface area contributed by atoms with E-state index in [1.54, 1.807) is 7.11 Å². The molecule has 0 amide bonds. The summed E-state index contributed by atoms with van der Waals surface area (Å²) in [6.07, 6.45) is 0.527. The summed E-state index contributed by atoms with van der Waals surface area (Å²) in [6.45, 7) is 4.21. The fraction of sp³-hybridized carbons (Fsp3) is 0.286. The van der Waals surface area contributed by atoms with E-state index in [-0.39, 0.29) is 18.3 Å². The van der Waals surface area contributed by atoms with Crippen molar-refractivity contribution in [3.05, 3.63) is 59.0 Å². The lowest BCUT2D eigenvalue weighted by molar-refractivity contribution is 0.0986. The third-order valence-electron chi connectivity index (χ3n) is 4.84. The molecule has 0 saturated carbocycles. The smallest absolute Gasteiger partial charge is 0.254 e. The highest BCUT2D eigenvalue weighted by Gasteiger charge is 2.31. The van der Waals surface area contributed by atoms with Crippen LogP contribution < -0.4 is 9.47 Å². The molecule has 0 radical (unpaired) electrons. The lowest BCUT2D eigenvalue weighted by Gasteiger charge is -2.12. The first kappa shape index (κ1) is 17.3. The SMILES string of the molecule is COc1ccc(-c2nnc(COc3ccc(C)c4c3C(=O)CC4C)o2)cc1. The van der Waals surface area contributed by atoms with E-state index in [1.165, 1.54) is 0 Å². The van der Waals surface area contributed by atoms with Crippen LogP contribution in [0.25, 0.3) is 11.5 Å². The van der Waals surface area contributed by atoms with Gasteiger partial charge >= 0.3 is 0 Å². The van der Waals surface area contributed by atoms with Crippen molar-refractivity contribution in [3.8, 4) is 23.0 Å². The number of fused-ring (bicyclic) bond motifs is 1. The van der Waals surface area contributed by atoms with Gasteiger partial charge in [-0.25, -0.2) is 0 Å². The summed E-state index contributed by atoms with van der Waals surface area (Å²) in [6, 6.07) is 11.2. The number of hydrogen-bond acceptors (Lipinski definition) is 6. The van der Waals surface area contributed by atoms with Gasteiger partial charge in [-0.15, -0.1) is 10.2 Å². The molecule has 0 bridgehead atoms. The zero-order valence-corrected chi connectivity index (χ0v) is 15.5. The third kappa shape index (κ3) is 3.18. The second kappa shape index (κ2) is 6.87. The van der Waals surface area contributed by atoms with Gasteiger partial charge < -0.3 is 13.9 Å². The van der Waals surface area contributed by atoms with Crippen molar-refractivity contribution >= 4 is 5.78 Å². The topological polar surface area (TPSA) is 74.5 Å². The van der Waals surface area contributed by atoms with Crippen molar-refractivity contribution in [2.75, 3.05) is 7.11 Å². The quantitative estimate of drug-likeness (QED) is 0.671. The molecule has 1 heterocycles. The Labute approximate surface area is 157 Å². The molecule has 0 fully saturated rings. The predicted molar refractivity (Wildman–Crippen MR) is 99.2 cm³/mol. The Morgan fingerprint density at radius 2 is 1.93 bits per heavy atom.